The van der Waals surface area contributed by atoms with Gasteiger partial charge in [0.05, 0.1) is 21.3 Å². The quantitative estimate of drug-likeness (QED) is 0.576. The summed E-state index contributed by atoms with van der Waals surface area (Å²) in [6.45, 7) is 0. The highest BCUT2D eigenvalue weighted by Gasteiger charge is 2.02. The van der Waals surface area contributed by atoms with E-state index in [-0.39, 0.29) is 0 Å². The third-order valence-corrected chi connectivity index (χ3v) is 2.04. The molecule has 86 valence electrons. The van der Waals surface area contributed by atoms with Crippen molar-refractivity contribution < 1.29 is 19.0 Å². The predicted octanol–water partition coefficient (Wildman–Crippen LogP) is 1.89. The van der Waals surface area contributed by atoms with Crippen LogP contribution in [-0.4, -0.2) is 27.3 Å². The van der Waals surface area contributed by atoms with E-state index in [1.54, 1.807) is 38.5 Å². The van der Waals surface area contributed by atoms with Crippen LogP contribution in [0.3, 0.4) is 0 Å². The first-order valence-electron chi connectivity index (χ1n) is 4.69. The summed E-state index contributed by atoms with van der Waals surface area (Å²) in [4.78, 5) is 11.0. The Morgan fingerprint density at radius 2 is 1.94 bits per heavy atom. The maximum Gasteiger partial charge on any atom is 0.330 e. The maximum atomic E-state index is 11.0. The molecule has 0 aliphatic heterocycles. The first kappa shape index (κ1) is 12.1. The van der Waals surface area contributed by atoms with Crippen molar-refractivity contribution in [1.29, 1.82) is 0 Å². The van der Waals surface area contributed by atoms with E-state index in [9.17, 15) is 4.79 Å². The molecule has 4 nitrogen and oxygen atoms in total. The zero-order chi connectivity index (χ0) is 12.0. The van der Waals surface area contributed by atoms with Gasteiger partial charge in [0.2, 0.25) is 0 Å². The third-order valence-electron chi connectivity index (χ3n) is 2.04. The minimum absolute atomic E-state index is 0.412. The number of esters is 1. The number of hydrogen-bond donors (Lipinski definition) is 0. The summed E-state index contributed by atoms with van der Waals surface area (Å²) >= 11 is 0. The van der Waals surface area contributed by atoms with Crippen LogP contribution in [0.25, 0.3) is 6.08 Å². The molecule has 0 spiro atoms. The first-order valence-corrected chi connectivity index (χ1v) is 4.69. The molecule has 16 heavy (non-hydrogen) atoms. The van der Waals surface area contributed by atoms with Gasteiger partial charge in [-0.15, -0.1) is 0 Å². The number of carbonyl (C=O) groups excluding carboxylic acids is 1. The Bertz CT molecular complexity index is 396. The number of hydrogen-bond acceptors (Lipinski definition) is 4. The van der Waals surface area contributed by atoms with Gasteiger partial charge >= 0.3 is 5.97 Å². The molecule has 0 radical (unpaired) electrons. The average molecular weight is 222 g/mol. The molecule has 1 aromatic rings. The molecule has 0 saturated heterocycles. The van der Waals surface area contributed by atoms with Crippen LogP contribution in [0.1, 0.15) is 5.56 Å². The van der Waals surface area contributed by atoms with Crippen molar-refractivity contribution in [2.75, 3.05) is 21.3 Å². The lowest BCUT2D eigenvalue weighted by atomic mass is 10.1. The van der Waals surface area contributed by atoms with E-state index in [2.05, 4.69) is 4.74 Å². The molecule has 0 aliphatic rings. The lowest BCUT2D eigenvalue weighted by Crippen LogP contribution is -1.94. The van der Waals surface area contributed by atoms with Gasteiger partial charge in [-0.3, -0.25) is 0 Å². The highest BCUT2D eigenvalue weighted by atomic mass is 16.5. The Balaban J connectivity index is 2.99. The molecule has 0 saturated carbocycles. The molecule has 0 atom stereocenters. The van der Waals surface area contributed by atoms with E-state index in [4.69, 9.17) is 9.47 Å². The number of rotatable bonds is 4. The van der Waals surface area contributed by atoms with Crippen molar-refractivity contribution in [2.24, 2.45) is 0 Å². The summed E-state index contributed by atoms with van der Waals surface area (Å²) in [7, 11) is 4.47. The molecule has 1 aromatic carbocycles. The summed E-state index contributed by atoms with van der Waals surface area (Å²) in [6, 6.07) is 5.34. The van der Waals surface area contributed by atoms with Gasteiger partial charge in [-0.2, -0.15) is 0 Å². The monoisotopic (exact) mass is 222 g/mol. The highest BCUT2D eigenvalue weighted by Crippen LogP contribution is 2.24. The zero-order valence-electron chi connectivity index (χ0n) is 9.52. The summed E-state index contributed by atoms with van der Waals surface area (Å²) < 4.78 is 14.7. The van der Waals surface area contributed by atoms with Crippen LogP contribution in [0, 0.1) is 0 Å². The lowest BCUT2D eigenvalue weighted by Gasteiger charge is -2.06. The van der Waals surface area contributed by atoms with Gasteiger partial charge in [-0.25, -0.2) is 4.79 Å². The molecule has 0 aromatic heterocycles. The summed E-state index contributed by atoms with van der Waals surface area (Å²) in [5.74, 6) is 0.955. The highest BCUT2D eigenvalue weighted by molar-refractivity contribution is 5.87. The van der Waals surface area contributed by atoms with Crippen LogP contribution in [0.4, 0.5) is 0 Å². The SMILES string of the molecule is COC(=O)/C=C\c1cc(OC)ccc1OC. The van der Waals surface area contributed by atoms with Crippen LogP contribution in [0.2, 0.25) is 0 Å². The van der Waals surface area contributed by atoms with Crippen molar-refractivity contribution in [3.05, 3.63) is 29.8 Å². The van der Waals surface area contributed by atoms with Gasteiger partial charge in [-0.05, 0) is 24.3 Å². The van der Waals surface area contributed by atoms with Crippen molar-refractivity contribution >= 4 is 12.0 Å². The molecular formula is C12H14O4. The van der Waals surface area contributed by atoms with E-state index in [1.807, 2.05) is 0 Å². The van der Waals surface area contributed by atoms with Crippen molar-refractivity contribution in [2.45, 2.75) is 0 Å². The Morgan fingerprint density at radius 1 is 1.19 bits per heavy atom. The van der Waals surface area contributed by atoms with Gasteiger partial charge in [0, 0.05) is 11.6 Å². The molecule has 0 aliphatic carbocycles. The molecule has 0 amide bonds. The van der Waals surface area contributed by atoms with Gasteiger partial charge in [0.1, 0.15) is 11.5 Å². The molecule has 0 bridgehead atoms. The molecule has 1 rings (SSSR count). The summed E-state index contributed by atoms with van der Waals surface area (Å²) in [6.07, 6.45) is 2.95. The largest absolute Gasteiger partial charge is 0.497 e. The maximum absolute atomic E-state index is 11.0. The van der Waals surface area contributed by atoms with E-state index < -0.39 is 5.97 Å². The second-order valence-electron chi connectivity index (χ2n) is 2.96. The summed E-state index contributed by atoms with van der Waals surface area (Å²) in [5.41, 5.74) is 0.757. The fraction of sp³-hybridized carbons (Fsp3) is 0.250. The molecular weight excluding hydrogens is 208 g/mol. The zero-order valence-corrected chi connectivity index (χ0v) is 9.52. The number of carbonyl (C=O) groups is 1. The summed E-state index contributed by atoms with van der Waals surface area (Å²) in [5, 5.41) is 0. The topological polar surface area (TPSA) is 44.8 Å². The van der Waals surface area contributed by atoms with Crippen LogP contribution in [-0.2, 0) is 9.53 Å². The second kappa shape index (κ2) is 5.80. The molecule has 0 N–H and O–H groups in total. The van der Waals surface area contributed by atoms with Crippen molar-refractivity contribution in [1.82, 2.24) is 0 Å². The lowest BCUT2D eigenvalue weighted by molar-refractivity contribution is -0.134. The average Bonchev–Trinajstić information content (AvgIpc) is 2.35. The van der Waals surface area contributed by atoms with Crippen LogP contribution in [0.15, 0.2) is 24.3 Å². The fourth-order valence-electron chi connectivity index (χ4n) is 1.20. The minimum Gasteiger partial charge on any atom is -0.497 e. The van der Waals surface area contributed by atoms with Crippen LogP contribution in [0.5, 0.6) is 11.5 Å². The number of ether oxygens (including phenoxy) is 3. The van der Waals surface area contributed by atoms with Gasteiger partial charge in [0.15, 0.2) is 0 Å². The first-order chi connectivity index (χ1) is 7.71. The van der Waals surface area contributed by atoms with Gasteiger partial charge < -0.3 is 14.2 Å². The molecule has 4 heteroatoms. The molecule has 0 unspecified atom stereocenters. The Morgan fingerprint density at radius 3 is 2.50 bits per heavy atom. The van der Waals surface area contributed by atoms with Crippen molar-refractivity contribution in [3.8, 4) is 11.5 Å². The van der Waals surface area contributed by atoms with Crippen LogP contribution >= 0.6 is 0 Å². The van der Waals surface area contributed by atoms with Gasteiger partial charge in [-0.1, -0.05) is 0 Å². The smallest absolute Gasteiger partial charge is 0.330 e. The minimum atomic E-state index is -0.412. The normalized spacial score (nSPS) is 10.2. The van der Waals surface area contributed by atoms with Gasteiger partial charge in [0.25, 0.3) is 0 Å². The second-order valence-corrected chi connectivity index (χ2v) is 2.96. The molecule has 0 heterocycles. The van der Waals surface area contributed by atoms with E-state index in [1.165, 1.54) is 13.2 Å². The number of methoxy groups -OCH3 is 3. The Labute approximate surface area is 94.4 Å². The Hall–Kier alpha value is -1.97. The fourth-order valence-corrected chi connectivity index (χ4v) is 1.20. The van der Waals surface area contributed by atoms with E-state index >= 15 is 0 Å². The third kappa shape index (κ3) is 3.02. The van der Waals surface area contributed by atoms with Crippen molar-refractivity contribution in [3.63, 3.8) is 0 Å². The predicted molar refractivity (Wildman–Crippen MR) is 60.6 cm³/mol. The Kier molecular flexibility index (Phi) is 4.39. The molecule has 0 fully saturated rings. The number of benzene rings is 1. The standard InChI is InChI=1S/C12H14O4/c1-14-10-5-6-11(15-2)9(8-10)4-7-12(13)16-3/h4-8H,1-3H3/b7-4-. The van der Waals surface area contributed by atoms with Crippen LogP contribution < -0.4 is 9.47 Å². The van der Waals surface area contributed by atoms with E-state index in [0.717, 1.165) is 5.56 Å². The van der Waals surface area contributed by atoms with E-state index in [0.29, 0.717) is 11.5 Å².